The summed E-state index contributed by atoms with van der Waals surface area (Å²) in [4.78, 5) is 19.4. The molecule has 1 amide bonds. The van der Waals surface area contributed by atoms with E-state index in [0.29, 0.717) is 12.1 Å². The Morgan fingerprint density at radius 2 is 2.20 bits per heavy atom. The lowest BCUT2D eigenvalue weighted by molar-refractivity contribution is -0.120. The molecule has 6 heteroatoms. The number of anilines is 1. The fraction of sp³-hybridized carbons (Fsp3) is 0.286. The second-order valence-corrected chi connectivity index (χ2v) is 6.67. The van der Waals surface area contributed by atoms with Gasteiger partial charge in [0.15, 0.2) is 0 Å². The minimum absolute atomic E-state index is 0.168. The minimum Gasteiger partial charge on any atom is -0.345 e. The maximum atomic E-state index is 12.2. The number of aromatic amines is 1. The van der Waals surface area contributed by atoms with Crippen LogP contribution in [0.5, 0.6) is 0 Å². The zero-order chi connectivity index (χ0) is 14.4. The van der Waals surface area contributed by atoms with Crippen LogP contribution in [0.15, 0.2) is 36.7 Å². The zero-order valence-electron chi connectivity index (χ0n) is 10.8. The summed E-state index contributed by atoms with van der Waals surface area (Å²) in [6.07, 6.45) is 3.90. The third-order valence-electron chi connectivity index (χ3n) is 3.65. The van der Waals surface area contributed by atoms with Crippen molar-refractivity contribution in [3.8, 4) is 11.4 Å². The summed E-state index contributed by atoms with van der Waals surface area (Å²) < 4.78 is -0.963. The molecule has 0 bridgehead atoms. The van der Waals surface area contributed by atoms with Crippen LogP contribution in [0, 0.1) is 5.41 Å². The molecule has 1 aliphatic rings. The van der Waals surface area contributed by atoms with Gasteiger partial charge in [-0.15, -0.1) is 23.2 Å². The van der Waals surface area contributed by atoms with E-state index in [1.807, 2.05) is 24.3 Å². The standard InChI is InChI=1S/C14H13Cl2N3O/c1-13(8-14(13,15)16)12(20)19-10-4-2-3-9(7-10)11-17-5-6-18-11/h2-7H,8H2,1H3,(H,17,18)(H,19,20)/t13-/m1/s1. The summed E-state index contributed by atoms with van der Waals surface area (Å²) >= 11 is 12.0. The second kappa shape index (κ2) is 4.50. The first kappa shape index (κ1) is 13.5. The molecule has 4 nitrogen and oxygen atoms in total. The summed E-state index contributed by atoms with van der Waals surface area (Å²) in [5.74, 6) is 0.585. The number of nitrogens with zero attached hydrogens (tertiary/aromatic N) is 1. The fourth-order valence-electron chi connectivity index (χ4n) is 2.08. The first-order valence-corrected chi connectivity index (χ1v) is 6.97. The number of carbonyl (C=O) groups is 1. The largest absolute Gasteiger partial charge is 0.345 e. The van der Waals surface area contributed by atoms with Crippen LogP contribution in [-0.4, -0.2) is 20.2 Å². The van der Waals surface area contributed by atoms with Gasteiger partial charge in [0.25, 0.3) is 0 Å². The lowest BCUT2D eigenvalue weighted by Gasteiger charge is -2.13. The topological polar surface area (TPSA) is 57.8 Å². The molecule has 0 aliphatic heterocycles. The van der Waals surface area contributed by atoms with Gasteiger partial charge >= 0.3 is 0 Å². The Hall–Kier alpha value is -1.52. The predicted molar refractivity (Wildman–Crippen MR) is 79.8 cm³/mol. The number of benzene rings is 1. The van der Waals surface area contributed by atoms with E-state index in [0.717, 1.165) is 11.4 Å². The van der Waals surface area contributed by atoms with Crippen LogP contribution < -0.4 is 5.32 Å². The molecule has 3 rings (SSSR count). The quantitative estimate of drug-likeness (QED) is 0.851. The Labute approximate surface area is 126 Å². The van der Waals surface area contributed by atoms with Crippen LogP contribution in [0.2, 0.25) is 0 Å². The van der Waals surface area contributed by atoms with Gasteiger partial charge in [0.05, 0.1) is 5.41 Å². The van der Waals surface area contributed by atoms with Gasteiger partial charge in [-0.2, -0.15) is 0 Å². The summed E-state index contributed by atoms with van der Waals surface area (Å²) in [5, 5.41) is 2.85. The van der Waals surface area contributed by atoms with Gasteiger partial charge in [0.2, 0.25) is 5.91 Å². The molecule has 0 saturated heterocycles. The molecular formula is C14H13Cl2N3O. The molecule has 1 aliphatic carbocycles. The number of imidazole rings is 1. The SMILES string of the molecule is C[C@]1(C(=O)Nc2cccc(-c3ncc[nH]3)c2)CC1(Cl)Cl. The van der Waals surface area contributed by atoms with Gasteiger partial charge in [-0.05, 0) is 25.5 Å². The Bertz CT molecular complexity index is 654. The molecule has 1 aromatic carbocycles. The van der Waals surface area contributed by atoms with Crippen LogP contribution in [0.25, 0.3) is 11.4 Å². The molecule has 1 fully saturated rings. The van der Waals surface area contributed by atoms with Gasteiger partial charge in [-0.1, -0.05) is 12.1 Å². The van der Waals surface area contributed by atoms with Crippen LogP contribution in [0.1, 0.15) is 13.3 Å². The third-order valence-corrected chi connectivity index (χ3v) is 4.75. The van der Waals surface area contributed by atoms with Gasteiger partial charge in [0, 0.05) is 23.6 Å². The fourth-order valence-corrected chi connectivity index (χ4v) is 2.79. The number of amides is 1. The second-order valence-electron chi connectivity index (χ2n) is 5.19. The molecule has 1 saturated carbocycles. The molecule has 0 radical (unpaired) electrons. The van der Waals surface area contributed by atoms with E-state index in [1.165, 1.54) is 0 Å². The van der Waals surface area contributed by atoms with Crippen LogP contribution in [0.4, 0.5) is 5.69 Å². The number of hydrogen-bond acceptors (Lipinski definition) is 2. The van der Waals surface area contributed by atoms with E-state index >= 15 is 0 Å². The molecule has 1 heterocycles. The van der Waals surface area contributed by atoms with E-state index in [-0.39, 0.29) is 5.91 Å². The first-order valence-electron chi connectivity index (χ1n) is 6.21. The monoisotopic (exact) mass is 309 g/mol. The average molecular weight is 310 g/mol. The molecule has 20 heavy (non-hydrogen) atoms. The van der Waals surface area contributed by atoms with Crippen molar-refractivity contribution in [2.75, 3.05) is 5.32 Å². The van der Waals surface area contributed by atoms with Crippen molar-refractivity contribution in [1.29, 1.82) is 0 Å². The molecule has 1 atom stereocenters. The maximum absolute atomic E-state index is 12.2. The number of H-pyrrole nitrogens is 1. The number of aromatic nitrogens is 2. The number of carbonyl (C=O) groups excluding carboxylic acids is 1. The van der Waals surface area contributed by atoms with Gasteiger partial charge in [-0.3, -0.25) is 4.79 Å². The van der Waals surface area contributed by atoms with Crippen molar-refractivity contribution >= 4 is 34.8 Å². The van der Waals surface area contributed by atoms with Crippen molar-refractivity contribution in [2.24, 2.45) is 5.41 Å². The number of rotatable bonds is 3. The van der Waals surface area contributed by atoms with Crippen LogP contribution in [-0.2, 0) is 4.79 Å². The first-order chi connectivity index (χ1) is 9.42. The number of hydrogen-bond donors (Lipinski definition) is 2. The molecule has 1 aromatic heterocycles. The van der Waals surface area contributed by atoms with Gasteiger partial charge in [-0.25, -0.2) is 4.98 Å². The summed E-state index contributed by atoms with van der Waals surface area (Å²) in [7, 11) is 0. The van der Waals surface area contributed by atoms with E-state index in [1.54, 1.807) is 19.3 Å². The Morgan fingerprint density at radius 3 is 2.80 bits per heavy atom. The van der Waals surface area contributed by atoms with Crippen LogP contribution >= 0.6 is 23.2 Å². The van der Waals surface area contributed by atoms with Gasteiger partial charge in [0.1, 0.15) is 10.2 Å². The van der Waals surface area contributed by atoms with E-state index in [9.17, 15) is 4.79 Å². The van der Waals surface area contributed by atoms with Crippen molar-refractivity contribution in [3.63, 3.8) is 0 Å². The zero-order valence-corrected chi connectivity index (χ0v) is 12.3. The maximum Gasteiger partial charge on any atom is 0.233 e. The highest BCUT2D eigenvalue weighted by molar-refractivity contribution is 6.53. The summed E-state index contributed by atoms with van der Waals surface area (Å²) in [6.45, 7) is 1.76. The molecule has 0 unspecified atom stereocenters. The molecule has 2 N–H and O–H groups in total. The summed E-state index contributed by atoms with van der Waals surface area (Å²) in [6, 6.07) is 7.45. The average Bonchev–Trinajstić information content (AvgIpc) is 2.83. The normalized spacial score (nSPS) is 23.4. The number of nitrogens with one attached hydrogen (secondary N) is 2. The van der Waals surface area contributed by atoms with E-state index in [4.69, 9.17) is 23.2 Å². The minimum atomic E-state index is -0.963. The highest BCUT2D eigenvalue weighted by Crippen LogP contribution is 2.64. The lowest BCUT2D eigenvalue weighted by Crippen LogP contribution is -2.25. The van der Waals surface area contributed by atoms with Crippen molar-refractivity contribution in [1.82, 2.24) is 9.97 Å². The lowest BCUT2D eigenvalue weighted by atomic mass is 10.1. The Balaban J connectivity index is 1.79. The molecular weight excluding hydrogens is 297 g/mol. The predicted octanol–water partition coefficient (Wildman–Crippen LogP) is 3.60. The van der Waals surface area contributed by atoms with E-state index in [2.05, 4.69) is 15.3 Å². The Morgan fingerprint density at radius 1 is 1.45 bits per heavy atom. The molecule has 104 valence electrons. The number of halogens is 2. The third kappa shape index (κ3) is 2.19. The van der Waals surface area contributed by atoms with Crippen molar-refractivity contribution < 1.29 is 4.79 Å². The highest BCUT2D eigenvalue weighted by Gasteiger charge is 2.67. The number of alkyl halides is 2. The smallest absolute Gasteiger partial charge is 0.233 e. The molecule has 2 aromatic rings. The molecule has 0 spiro atoms. The van der Waals surface area contributed by atoms with Crippen molar-refractivity contribution in [3.05, 3.63) is 36.7 Å². The van der Waals surface area contributed by atoms with Gasteiger partial charge < -0.3 is 10.3 Å². The summed E-state index contributed by atoms with van der Waals surface area (Å²) in [5.41, 5.74) is 0.870. The van der Waals surface area contributed by atoms with Crippen LogP contribution in [0.3, 0.4) is 0 Å². The van der Waals surface area contributed by atoms with Crippen molar-refractivity contribution in [2.45, 2.75) is 17.7 Å². The Kier molecular flexibility index (Phi) is 3.03. The highest BCUT2D eigenvalue weighted by atomic mass is 35.5. The van der Waals surface area contributed by atoms with E-state index < -0.39 is 9.75 Å².